The van der Waals surface area contributed by atoms with Gasteiger partial charge in [0.05, 0.1) is 14.2 Å². The maximum absolute atomic E-state index is 12.2. The zero-order chi connectivity index (χ0) is 13.7. The lowest BCUT2D eigenvalue weighted by atomic mass is 10.2. The molecule has 0 aliphatic carbocycles. The van der Waals surface area contributed by atoms with E-state index < -0.39 is 7.80 Å². The number of benzene rings is 1. The maximum atomic E-state index is 12.2. The van der Waals surface area contributed by atoms with E-state index in [1.807, 2.05) is 13.8 Å². The molecule has 1 unspecified atom stereocenters. The number of methoxy groups -OCH3 is 2. The summed E-state index contributed by atoms with van der Waals surface area (Å²) < 4.78 is 22.3. The third kappa shape index (κ3) is 3.36. The average molecular weight is 270 g/mol. The molecule has 0 fully saturated rings. The lowest BCUT2D eigenvalue weighted by molar-refractivity contribution is 0.107. The number of carbonyl (C=O) groups excluding carboxylic acids is 1. The summed E-state index contributed by atoms with van der Waals surface area (Å²) in [6, 6.07) is 5.06. The minimum absolute atomic E-state index is 0.223. The fourth-order valence-electron chi connectivity index (χ4n) is 1.68. The van der Waals surface area contributed by atoms with Crippen LogP contribution in [0.15, 0.2) is 18.2 Å². The molecule has 0 heterocycles. The highest BCUT2D eigenvalue weighted by atomic mass is 31.1. The van der Waals surface area contributed by atoms with Gasteiger partial charge in [0.25, 0.3) is 0 Å². The van der Waals surface area contributed by atoms with E-state index in [1.165, 1.54) is 14.2 Å². The van der Waals surface area contributed by atoms with Gasteiger partial charge in [0.1, 0.15) is 24.9 Å². The number of hydrogen-bond acceptors (Lipinski definition) is 4. The monoisotopic (exact) mass is 270 g/mol. The van der Waals surface area contributed by atoms with Crippen LogP contribution in [-0.4, -0.2) is 25.9 Å². The van der Waals surface area contributed by atoms with Crippen LogP contribution in [0.25, 0.3) is 0 Å². The molecular formula is C13H19O4P. The minimum Gasteiger partial charge on any atom is -0.496 e. The van der Waals surface area contributed by atoms with E-state index in [9.17, 15) is 9.36 Å². The van der Waals surface area contributed by atoms with E-state index in [0.29, 0.717) is 17.7 Å². The van der Waals surface area contributed by atoms with Gasteiger partial charge in [0.15, 0.2) is 0 Å². The lowest BCUT2D eigenvalue weighted by Gasteiger charge is -2.12. The van der Waals surface area contributed by atoms with Crippen molar-refractivity contribution in [3.63, 3.8) is 0 Å². The summed E-state index contributed by atoms with van der Waals surface area (Å²) in [5, 5.41) is 0. The molecule has 4 nitrogen and oxygen atoms in total. The summed E-state index contributed by atoms with van der Waals surface area (Å²) in [5.41, 5.74) is -0.0879. The zero-order valence-corrected chi connectivity index (χ0v) is 12.1. The Bertz CT molecular complexity index is 432. The van der Waals surface area contributed by atoms with Crippen molar-refractivity contribution in [3.8, 4) is 11.5 Å². The predicted octanol–water partition coefficient (Wildman–Crippen LogP) is 3.06. The Morgan fingerprint density at radius 3 is 2.11 bits per heavy atom. The molecule has 1 atom stereocenters. The van der Waals surface area contributed by atoms with Crippen LogP contribution in [0.3, 0.4) is 0 Å². The molecule has 0 amide bonds. The quantitative estimate of drug-likeness (QED) is 0.745. The number of hydrogen-bond donors (Lipinski definition) is 0. The van der Waals surface area contributed by atoms with Crippen molar-refractivity contribution in [1.82, 2.24) is 0 Å². The van der Waals surface area contributed by atoms with Gasteiger partial charge >= 0.3 is 0 Å². The topological polar surface area (TPSA) is 52.6 Å². The number of carbonyl (C=O) groups is 1. The van der Waals surface area contributed by atoms with Gasteiger partial charge in [0, 0.05) is 6.16 Å². The van der Waals surface area contributed by atoms with Crippen LogP contribution in [0.5, 0.6) is 11.5 Å². The molecule has 0 spiro atoms. The summed E-state index contributed by atoms with van der Waals surface area (Å²) in [4.78, 5) is 12.2. The predicted molar refractivity (Wildman–Crippen MR) is 72.6 cm³/mol. The highest BCUT2D eigenvalue weighted by Gasteiger charge is 2.23. The van der Waals surface area contributed by atoms with Gasteiger partial charge < -0.3 is 14.0 Å². The molecule has 100 valence electrons. The van der Waals surface area contributed by atoms with Gasteiger partial charge in [0.2, 0.25) is 5.52 Å². The second-order valence-electron chi connectivity index (χ2n) is 4.39. The summed E-state index contributed by atoms with van der Waals surface area (Å²) >= 11 is 0. The maximum Gasteiger partial charge on any atom is 0.225 e. The van der Waals surface area contributed by atoms with Crippen molar-refractivity contribution in [3.05, 3.63) is 23.8 Å². The first-order valence-corrected chi connectivity index (χ1v) is 7.41. The molecule has 0 radical (unpaired) electrons. The zero-order valence-electron chi connectivity index (χ0n) is 11.1. The van der Waals surface area contributed by atoms with Crippen LogP contribution in [0.1, 0.15) is 24.2 Å². The van der Waals surface area contributed by atoms with Crippen LogP contribution in [-0.2, 0) is 4.57 Å². The molecule has 1 aromatic rings. The highest BCUT2D eigenvalue weighted by Crippen LogP contribution is 2.38. The molecule has 1 rings (SSSR count). The molecule has 0 saturated heterocycles. The smallest absolute Gasteiger partial charge is 0.225 e. The largest absolute Gasteiger partial charge is 0.496 e. The number of rotatable bonds is 6. The fraction of sp³-hybridized carbons (Fsp3) is 0.462. The van der Waals surface area contributed by atoms with Crippen LogP contribution < -0.4 is 9.47 Å². The lowest BCUT2D eigenvalue weighted by Crippen LogP contribution is -2.04. The minimum atomic E-state index is -2.33. The van der Waals surface area contributed by atoms with Gasteiger partial charge in [-0.3, -0.25) is 4.79 Å². The van der Waals surface area contributed by atoms with Gasteiger partial charge in [-0.1, -0.05) is 19.9 Å². The molecule has 0 aliphatic heterocycles. The Balaban J connectivity index is 3.14. The molecule has 0 aliphatic rings. The van der Waals surface area contributed by atoms with Crippen molar-refractivity contribution >= 4 is 13.3 Å². The Hall–Kier alpha value is -1.28. The Morgan fingerprint density at radius 2 is 1.72 bits per heavy atom. The Morgan fingerprint density at radius 1 is 1.22 bits per heavy atom. The summed E-state index contributed by atoms with van der Waals surface area (Å²) in [6.45, 7) is 3.88. The van der Waals surface area contributed by atoms with E-state index in [2.05, 4.69) is 0 Å². The molecule has 0 N–H and O–H groups in total. The van der Waals surface area contributed by atoms with Crippen LogP contribution in [0.4, 0.5) is 0 Å². The molecule has 1 aromatic carbocycles. The first kappa shape index (κ1) is 14.8. The van der Waals surface area contributed by atoms with Crippen LogP contribution in [0, 0.1) is 5.92 Å². The molecule has 0 bridgehead atoms. The number of ether oxygens (including phenoxy) is 2. The van der Waals surface area contributed by atoms with E-state index in [-0.39, 0.29) is 17.0 Å². The molecule has 0 saturated carbocycles. The second kappa shape index (κ2) is 6.60. The van der Waals surface area contributed by atoms with Crippen LogP contribution >= 0.6 is 7.80 Å². The summed E-state index contributed by atoms with van der Waals surface area (Å²) in [6.07, 6.45) is 0.407. The van der Waals surface area contributed by atoms with Gasteiger partial charge in [-0.05, 0) is 18.1 Å². The van der Waals surface area contributed by atoms with Crippen molar-refractivity contribution in [2.24, 2.45) is 5.92 Å². The summed E-state index contributed by atoms with van der Waals surface area (Å²) in [5.74, 6) is 1.03. The van der Waals surface area contributed by atoms with E-state index >= 15 is 0 Å². The van der Waals surface area contributed by atoms with E-state index in [1.54, 1.807) is 18.2 Å². The second-order valence-corrected chi connectivity index (χ2v) is 6.10. The molecule has 5 heteroatoms. The van der Waals surface area contributed by atoms with Crippen molar-refractivity contribution in [2.75, 3.05) is 20.4 Å². The average Bonchev–Trinajstić information content (AvgIpc) is 2.35. The SMILES string of the molecule is COc1cccc(OC)c1C(=O)[PH](=O)CC(C)C. The molecule has 0 aromatic heterocycles. The van der Waals surface area contributed by atoms with E-state index in [4.69, 9.17) is 9.47 Å². The fourth-order valence-corrected chi connectivity index (χ4v) is 3.13. The van der Waals surface area contributed by atoms with Gasteiger partial charge in [-0.15, -0.1) is 0 Å². The van der Waals surface area contributed by atoms with Crippen LogP contribution in [0.2, 0.25) is 0 Å². The van der Waals surface area contributed by atoms with Gasteiger partial charge in [-0.25, -0.2) is 0 Å². The van der Waals surface area contributed by atoms with Crippen molar-refractivity contribution in [1.29, 1.82) is 0 Å². The third-order valence-electron chi connectivity index (χ3n) is 2.50. The molecule has 18 heavy (non-hydrogen) atoms. The van der Waals surface area contributed by atoms with Gasteiger partial charge in [-0.2, -0.15) is 0 Å². The molecular weight excluding hydrogens is 251 g/mol. The third-order valence-corrected chi connectivity index (χ3v) is 4.45. The first-order chi connectivity index (χ1) is 8.51. The first-order valence-electron chi connectivity index (χ1n) is 5.79. The Kier molecular flexibility index (Phi) is 5.42. The normalized spacial score (nSPS) is 12.3. The standard InChI is InChI=1S/C13H19O4P/c1-9(2)8-18(15)13(14)12-10(16-3)6-5-7-11(12)17-4/h5-7,9,18H,8H2,1-4H3. The van der Waals surface area contributed by atoms with E-state index in [0.717, 1.165) is 0 Å². The van der Waals surface area contributed by atoms with Crippen molar-refractivity contribution in [2.45, 2.75) is 13.8 Å². The highest BCUT2D eigenvalue weighted by molar-refractivity contribution is 7.64. The van der Waals surface area contributed by atoms with Crippen molar-refractivity contribution < 1.29 is 18.8 Å². The Labute approximate surface area is 108 Å². The summed E-state index contributed by atoms with van der Waals surface area (Å²) in [7, 11) is 0.623.